The Morgan fingerprint density at radius 3 is 2.21 bits per heavy atom. The molecule has 1 aliphatic heterocycles. The van der Waals surface area contributed by atoms with Crippen LogP contribution in [0.15, 0.2) is 95.4 Å². The smallest absolute Gasteiger partial charge is 0.320 e. The van der Waals surface area contributed by atoms with Crippen molar-refractivity contribution in [2.45, 2.75) is 64.1 Å². The van der Waals surface area contributed by atoms with E-state index in [0.29, 0.717) is 28.1 Å². The van der Waals surface area contributed by atoms with E-state index in [2.05, 4.69) is 5.32 Å². The molecule has 0 radical (unpaired) electrons. The highest BCUT2D eigenvalue weighted by Crippen LogP contribution is 2.46. The minimum atomic E-state index is -3.98. The monoisotopic (exact) mass is 622 g/mol. The summed E-state index contributed by atoms with van der Waals surface area (Å²) in [5.41, 5.74) is 2.52. The van der Waals surface area contributed by atoms with Gasteiger partial charge in [-0.2, -0.15) is 4.31 Å². The van der Waals surface area contributed by atoms with Crippen molar-refractivity contribution in [3.05, 3.63) is 112 Å². The topological polar surface area (TPSA) is 92.8 Å². The molecule has 1 aliphatic rings. The Morgan fingerprint density at radius 2 is 1.60 bits per heavy atom. The third-order valence-corrected chi connectivity index (χ3v) is 9.90. The molecule has 9 heteroatoms. The summed E-state index contributed by atoms with van der Waals surface area (Å²) in [5.74, 6) is -0.620. The summed E-state index contributed by atoms with van der Waals surface area (Å²) in [6.07, 6.45) is 2.36. The lowest BCUT2D eigenvalue weighted by atomic mass is 9.87. The Bertz CT molecular complexity index is 1580. The van der Waals surface area contributed by atoms with E-state index < -0.39 is 39.5 Å². The normalized spacial score (nSPS) is 18.2. The van der Waals surface area contributed by atoms with E-state index in [0.717, 1.165) is 5.56 Å². The van der Waals surface area contributed by atoms with Crippen molar-refractivity contribution >= 4 is 33.4 Å². The number of Topliss-reactive ketones (excluding diaryl/α,β-unsaturated/α-hetero) is 1. The maximum Gasteiger partial charge on any atom is 0.320 e. The number of carbonyl (C=O) groups excluding carboxylic acids is 2. The molecule has 4 rings (SSSR count). The zero-order valence-electron chi connectivity index (χ0n) is 25.2. The molecule has 1 unspecified atom stereocenters. The number of benzene rings is 3. The number of carbonyl (C=O) groups is 2. The fourth-order valence-corrected chi connectivity index (χ4v) is 7.62. The third-order valence-electron chi connectivity index (χ3n) is 7.64. The fraction of sp³-hybridized carbons (Fsp3) is 0.353. The van der Waals surface area contributed by atoms with E-state index in [-0.39, 0.29) is 23.8 Å². The SMILES string of the molecule is CC(=O)[C@H](Cc1ccccc1)NCC(=O)OCC1=CC(C(C)(C)C)N(S(=O)(=O)c2ccccc2C)[C@H]1c1ccc(Cl)cc1. The summed E-state index contributed by atoms with van der Waals surface area (Å²) in [7, 11) is -3.98. The number of sulfonamides is 1. The summed E-state index contributed by atoms with van der Waals surface area (Å²) in [6.45, 7) is 8.96. The lowest BCUT2D eigenvalue weighted by molar-refractivity contribution is -0.141. The molecule has 0 saturated heterocycles. The van der Waals surface area contributed by atoms with Crippen LogP contribution in [0.1, 0.15) is 50.4 Å². The molecule has 43 heavy (non-hydrogen) atoms. The van der Waals surface area contributed by atoms with Gasteiger partial charge in [0.25, 0.3) is 0 Å². The van der Waals surface area contributed by atoms with E-state index in [1.807, 2.05) is 63.2 Å². The van der Waals surface area contributed by atoms with Crippen molar-refractivity contribution in [2.24, 2.45) is 5.41 Å². The number of ketones is 1. The Balaban J connectivity index is 1.60. The van der Waals surface area contributed by atoms with Gasteiger partial charge in [-0.15, -0.1) is 0 Å². The van der Waals surface area contributed by atoms with Crippen molar-refractivity contribution in [1.82, 2.24) is 9.62 Å². The van der Waals surface area contributed by atoms with Gasteiger partial charge in [-0.05, 0) is 66.1 Å². The molecule has 0 bridgehead atoms. The highest BCUT2D eigenvalue weighted by molar-refractivity contribution is 7.89. The van der Waals surface area contributed by atoms with Gasteiger partial charge < -0.3 is 4.74 Å². The number of nitrogens with one attached hydrogen (secondary N) is 1. The Hall–Kier alpha value is -3.30. The first kappa shape index (κ1) is 32.6. The molecule has 228 valence electrons. The number of aryl methyl sites for hydroxylation is 1. The standard InChI is InChI=1S/C34H39ClN2O5S/c1-23-11-9-10-14-30(23)43(40,41)37-31(34(3,4)5)20-27(33(37)26-15-17-28(35)18-16-26)22-42-32(39)21-36-29(24(2)38)19-25-12-7-6-8-13-25/h6-18,20,29,31,33,36H,19,21-22H2,1-5H3/t29-,31?,33-/m0/s1. The fourth-order valence-electron chi connectivity index (χ4n) is 5.33. The molecule has 0 aromatic heterocycles. The van der Waals surface area contributed by atoms with Crippen molar-refractivity contribution in [2.75, 3.05) is 13.2 Å². The van der Waals surface area contributed by atoms with Crippen LogP contribution >= 0.6 is 11.6 Å². The molecule has 3 aromatic carbocycles. The van der Waals surface area contributed by atoms with Gasteiger partial charge in [-0.1, -0.05) is 99.1 Å². The van der Waals surface area contributed by atoms with Gasteiger partial charge in [0, 0.05) is 11.1 Å². The molecule has 3 atom stereocenters. The van der Waals surface area contributed by atoms with E-state index in [9.17, 15) is 18.0 Å². The molecule has 3 aromatic rings. The molecule has 1 N–H and O–H groups in total. The van der Waals surface area contributed by atoms with Crippen LogP contribution in [0.3, 0.4) is 0 Å². The summed E-state index contributed by atoms with van der Waals surface area (Å²) < 4.78 is 35.9. The van der Waals surface area contributed by atoms with Crippen molar-refractivity contribution in [1.29, 1.82) is 0 Å². The van der Waals surface area contributed by atoms with Gasteiger partial charge in [0.2, 0.25) is 10.0 Å². The average Bonchev–Trinajstić information content (AvgIpc) is 3.36. The first-order chi connectivity index (χ1) is 20.3. The lowest BCUT2D eigenvalue weighted by Gasteiger charge is -2.37. The second-order valence-electron chi connectivity index (χ2n) is 12.0. The predicted molar refractivity (Wildman–Crippen MR) is 169 cm³/mol. The first-order valence-electron chi connectivity index (χ1n) is 14.3. The van der Waals surface area contributed by atoms with Crippen LogP contribution in [-0.2, 0) is 30.8 Å². The summed E-state index contributed by atoms with van der Waals surface area (Å²) >= 11 is 6.19. The van der Waals surface area contributed by atoms with Crippen LogP contribution in [-0.4, -0.2) is 49.7 Å². The van der Waals surface area contributed by atoms with Gasteiger partial charge >= 0.3 is 5.97 Å². The number of halogens is 1. The van der Waals surface area contributed by atoms with Crippen LogP contribution < -0.4 is 5.32 Å². The van der Waals surface area contributed by atoms with Gasteiger partial charge in [0.05, 0.1) is 23.5 Å². The molecular weight excluding hydrogens is 584 g/mol. The predicted octanol–water partition coefficient (Wildman–Crippen LogP) is 6.07. The van der Waals surface area contributed by atoms with Gasteiger partial charge in [-0.25, -0.2) is 8.42 Å². The second-order valence-corrected chi connectivity index (χ2v) is 14.2. The average molecular weight is 623 g/mol. The number of rotatable bonds is 11. The van der Waals surface area contributed by atoms with E-state index in [1.54, 1.807) is 49.4 Å². The molecule has 1 heterocycles. The second kappa shape index (κ2) is 13.6. The molecule has 0 fully saturated rings. The number of esters is 1. The highest BCUT2D eigenvalue weighted by atomic mass is 35.5. The summed E-state index contributed by atoms with van der Waals surface area (Å²) in [6, 6.07) is 21.8. The van der Waals surface area contributed by atoms with Crippen molar-refractivity contribution in [3.63, 3.8) is 0 Å². The van der Waals surface area contributed by atoms with E-state index in [4.69, 9.17) is 16.3 Å². The number of hydrogen-bond acceptors (Lipinski definition) is 6. The lowest BCUT2D eigenvalue weighted by Crippen LogP contribution is -2.45. The van der Waals surface area contributed by atoms with Crippen molar-refractivity contribution in [3.8, 4) is 0 Å². The van der Waals surface area contributed by atoms with Crippen LogP contribution in [0.25, 0.3) is 0 Å². The summed E-state index contributed by atoms with van der Waals surface area (Å²) in [4.78, 5) is 25.4. The Morgan fingerprint density at radius 1 is 0.977 bits per heavy atom. The van der Waals surface area contributed by atoms with E-state index in [1.165, 1.54) is 11.2 Å². The largest absolute Gasteiger partial charge is 0.460 e. The van der Waals surface area contributed by atoms with Gasteiger partial charge in [-0.3, -0.25) is 14.9 Å². The first-order valence-corrected chi connectivity index (χ1v) is 16.1. The molecule has 0 saturated carbocycles. The Labute approximate surface area is 259 Å². The molecular formula is C34H39ClN2O5S. The van der Waals surface area contributed by atoms with Gasteiger partial charge in [0.15, 0.2) is 0 Å². The maximum atomic E-state index is 14.4. The molecule has 0 amide bonds. The Kier molecular flexibility index (Phi) is 10.3. The van der Waals surface area contributed by atoms with Crippen LogP contribution in [0, 0.1) is 12.3 Å². The minimum Gasteiger partial charge on any atom is -0.460 e. The van der Waals surface area contributed by atoms with Gasteiger partial charge in [0.1, 0.15) is 12.4 Å². The third kappa shape index (κ3) is 7.81. The summed E-state index contributed by atoms with van der Waals surface area (Å²) in [5, 5.41) is 3.55. The number of ether oxygens (including phenoxy) is 1. The highest BCUT2D eigenvalue weighted by Gasteiger charge is 2.48. The van der Waals surface area contributed by atoms with E-state index >= 15 is 0 Å². The number of hydrogen-bond donors (Lipinski definition) is 1. The zero-order chi connectivity index (χ0) is 31.4. The number of nitrogens with zero attached hydrogens (tertiary/aromatic N) is 1. The zero-order valence-corrected chi connectivity index (χ0v) is 26.8. The maximum absolute atomic E-state index is 14.4. The minimum absolute atomic E-state index is 0.0805. The molecule has 0 spiro atoms. The van der Waals surface area contributed by atoms with Crippen LogP contribution in [0.4, 0.5) is 0 Å². The van der Waals surface area contributed by atoms with Crippen molar-refractivity contribution < 1.29 is 22.7 Å². The molecule has 0 aliphatic carbocycles. The molecule has 7 nitrogen and oxygen atoms in total. The van der Waals surface area contributed by atoms with Crippen LogP contribution in [0.5, 0.6) is 0 Å². The quantitative estimate of drug-likeness (QED) is 0.206. The van der Waals surface area contributed by atoms with Crippen LogP contribution in [0.2, 0.25) is 5.02 Å².